The summed E-state index contributed by atoms with van der Waals surface area (Å²) in [7, 11) is 0. The molecule has 0 atom stereocenters. The van der Waals surface area contributed by atoms with Crippen molar-refractivity contribution in [2.24, 2.45) is 0 Å². The van der Waals surface area contributed by atoms with Crippen LogP contribution in [0.4, 0.5) is 10.7 Å². The lowest BCUT2D eigenvalue weighted by atomic mass is 10.2. The second-order valence-electron chi connectivity index (χ2n) is 5.05. The maximum atomic E-state index is 11.4. The molecule has 1 heterocycles. The van der Waals surface area contributed by atoms with E-state index in [9.17, 15) is 4.79 Å². The van der Waals surface area contributed by atoms with Gasteiger partial charge in [-0.3, -0.25) is 0 Å². The number of carbonyl (C=O) groups is 1. The monoisotopic (exact) mass is 301 g/mol. The van der Waals surface area contributed by atoms with E-state index in [1.165, 1.54) is 0 Å². The van der Waals surface area contributed by atoms with Crippen LogP contribution in [0.2, 0.25) is 5.28 Å². The highest BCUT2D eigenvalue weighted by Gasteiger charge is 2.15. The molecule has 0 radical (unpaired) electrons. The van der Waals surface area contributed by atoms with Gasteiger partial charge in [0.05, 0.1) is 0 Å². The highest BCUT2D eigenvalue weighted by Crippen LogP contribution is 2.07. The average molecular weight is 302 g/mol. The first-order chi connectivity index (χ1) is 9.30. The van der Waals surface area contributed by atoms with Crippen LogP contribution in [-0.2, 0) is 11.2 Å². The molecule has 1 amide bonds. The Hall–Kier alpha value is -1.63. The Morgan fingerprint density at radius 1 is 1.25 bits per heavy atom. The topological polar surface area (TPSA) is 89.0 Å². The van der Waals surface area contributed by atoms with Gasteiger partial charge in [0.15, 0.2) is 0 Å². The van der Waals surface area contributed by atoms with E-state index in [1.54, 1.807) is 0 Å². The molecule has 1 aromatic heterocycles. The summed E-state index contributed by atoms with van der Waals surface area (Å²) < 4.78 is 5.11. The standard InChI is InChI=1S/C12H20ClN5O2/c1-5-8-16-9(13)18-10(17-8)14-6-7-15-11(19)20-12(2,3)4/h5-7H2,1-4H3,(H,15,19)(H,14,16,17,18). The number of carbonyl (C=O) groups excluding carboxylic acids is 1. The van der Waals surface area contributed by atoms with Crippen LogP contribution < -0.4 is 10.6 Å². The Kier molecular flexibility index (Phi) is 5.94. The van der Waals surface area contributed by atoms with Gasteiger partial charge in [0.25, 0.3) is 0 Å². The van der Waals surface area contributed by atoms with E-state index >= 15 is 0 Å². The van der Waals surface area contributed by atoms with E-state index in [2.05, 4.69) is 25.6 Å². The first kappa shape index (κ1) is 16.4. The number of amides is 1. The van der Waals surface area contributed by atoms with Crippen LogP contribution in [0.5, 0.6) is 0 Å². The van der Waals surface area contributed by atoms with Crippen molar-refractivity contribution in [2.75, 3.05) is 18.4 Å². The predicted molar refractivity (Wildman–Crippen MR) is 76.9 cm³/mol. The Balaban J connectivity index is 2.34. The van der Waals surface area contributed by atoms with Gasteiger partial charge in [0.1, 0.15) is 11.4 Å². The van der Waals surface area contributed by atoms with Crippen molar-refractivity contribution in [3.05, 3.63) is 11.1 Å². The van der Waals surface area contributed by atoms with Crippen molar-refractivity contribution < 1.29 is 9.53 Å². The summed E-state index contributed by atoms with van der Waals surface area (Å²) >= 11 is 5.77. The molecule has 0 aliphatic heterocycles. The third kappa shape index (κ3) is 6.51. The zero-order valence-corrected chi connectivity index (χ0v) is 12.9. The minimum absolute atomic E-state index is 0.152. The lowest BCUT2D eigenvalue weighted by molar-refractivity contribution is 0.0530. The molecule has 0 aromatic carbocycles. The van der Waals surface area contributed by atoms with E-state index in [0.717, 1.165) is 0 Å². The van der Waals surface area contributed by atoms with Gasteiger partial charge in [0.2, 0.25) is 11.2 Å². The summed E-state index contributed by atoms with van der Waals surface area (Å²) in [6, 6.07) is 0. The first-order valence-electron chi connectivity index (χ1n) is 6.41. The molecule has 0 bridgehead atoms. The third-order valence-electron chi connectivity index (χ3n) is 2.05. The minimum Gasteiger partial charge on any atom is -0.444 e. The maximum Gasteiger partial charge on any atom is 0.407 e. The number of ether oxygens (including phenoxy) is 1. The van der Waals surface area contributed by atoms with Crippen molar-refractivity contribution in [2.45, 2.75) is 39.7 Å². The molecule has 20 heavy (non-hydrogen) atoms. The molecule has 1 aromatic rings. The summed E-state index contributed by atoms with van der Waals surface area (Å²) in [5, 5.41) is 5.74. The Bertz CT molecular complexity index is 462. The number of rotatable bonds is 5. The molecule has 112 valence electrons. The van der Waals surface area contributed by atoms with Gasteiger partial charge in [-0.1, -0.05) is 6.92 Å². The SMILES string of the molecule is CCc1nc(Cl)nc(NCCNC(=O)OC(C)(C)C)n1. The van der Waals surface area contributed by atoms with Crippen LogP contribution >= 0.6 is 11.6 Å². The van der Waals surface area contributed by atoms with Crippen LogP contribution in [0, 0.1) is 0 Å². The van der Waals surface area contributed by atoms with Crippen LogP contribution in [0.25, 0.3) is 0 Å². The smallest absolute Gasteiger partial charge is 0.407 e. The Morgan fingerprint density at radius 2 is 1.95 bits per heavy atom. The normalized spacial score (nSPS) is 11.1. The van der Waals surface area contributed by atoms with Crippen LogP contribution in [0.15, 0.2) is 0 Å². The van der Waals surface area contributed by atoms with Gasteiger partial charge in [-0.25, -0.2) is 9.78 Å². The number of nitrogens with one attached hydrogen (secondary N) is 2. The van der Waals surface area contributed by atoms with Gasteiger partial charge in [-0.05, 0) is 32.4 Å². The molecule has 0 fully saturated rings. The molecule has 2 N–H and O–H groups in total. The summed E-state index contributed by atoms with van der Waals surface area (Å²) in [5.74, 6) is 1.01. The maximum absolute atomic E-state index is 11.4. The predicted octanol–water partition coefficient (Wildman–Crippen LogP) is 2.02. The first-order valence-corrected chi connectivity index (χ1v) is 6.79. The summed E-state index contributed by atoms with van der Waals surface area (Å²) in [6.45, 7) is 8.21. The van der Waals surface area contributed by atoms with Crippen molar-refractivity contribution in [1.29, 1.82) is 0 Å². The largest absolute Gasteiger partial charge is 0.444 e. The molecule has 7 nitrogen and oxygen atoms in total. The zero-order valence-electron chi connectivity index (χ0n) is 12.2. The number of anilines is 1. The van der Waals surface area contributed by atoms with Gasteiger partial charge < -0.3 is 15.4 Å². The fraction of sp³-hybridized carbons (Fsp3) is 0.667. The highest BCUT2D eigenvalue weighted by atomic mass is 35.5. The number of aryl methyl sites for hydroxylation is 1. The number of halogens is 1. The molecule has 0 aliphatic carbocycles. The van der Waals surface area contributed by atoms with Crippen molar-refractivity contribution in [3.8, 4) is 0 Å². The van der Waals surface area contributed by atoms with Crippen LogP contribution in [-0.4, -0.2) is 39.7 Å². The number of nitrogens with zero attached hydrogens (tertiary/aromatic N) is 3. The average Bonchev–Trinajstić information content (AvgIpc) is 2.32. The quantitative estimate of drug-likeness (QED) is 0.809. The van der Waals surface area contributed by atoms with E-state index in [-0.39, 0.29) is 5.28 Å². The summed E-state index contributed by atoms with van der Waals surface area (Å²) in [5.41, 5.74) is -0.505. The zero-order chi connectivity index (χ0) is 15.2. The van der Waals surface area contributed by atoms with Gasteiger partial charge in [0, 0.05) is 19.5 Å². The molecular formula is C12H20ClN5O2. The molecule has 8 heteroatoms. The third-order valence-corrected chi connectivity index (χ3v) is 2.22. The van der Waals surface area contributed by atoms with E-state index < -0.39 is 11.7 Å². The Labute approximate surface area is 123 Å². The summed E-state index contributed by atoms with van der Waals surface area (Å²) in [6.07, 6.45) is 0.217. The lowest BCUT2D eigenvalue weighted by Crippen LogP contribution is -2.35. The van der Waals surface area contributed by atoms with Gasteiger partial charge in [-0.2, -0.15) is 9.97 Å². The minimum atomic E-state index is -0.505. The van der Waals surface area contributed by atoms with Crippen molar-refractivity contribution >= 4 is 23.6 Å². The fourth-order valence-electron chi connectivity index (χ4n) is 1.28. The second-order valence-corrected chi connectivity index (χ2v) is 5.39. The van der Waals surface area contributed by atoms with E-state index in [1.807, 2.05) is 27.7 Å². The second kappa shape index (κ2) is 7.23. The molecule has 0 saturated heterocycles. The molecular weight excluding hydrogens is 282 g/mol. The molecule has 1 rings (SSSR count). The van der Waals surface area contributed by atoms with E-state index in [4.69, 9.17) is 16.3 Å². The number of alkyl carbamates (subject to hydrolysis) is 1. The fourth-order valence-corrected chi connectivity index (χ4v) is 1.46. The highest BCUT2D eigenvalue weighted by molar-refractivity contribution is 6.28. The van der Waals surface area contributed by atoms with Crippen molar-refractivity contribution in [3.63, 3.8) is 0 Å². The van der Waals surface area contributed by atoms with Crippen molar-refractivity contribution in [1.82, 2.24) is 20.3 Å². The lowest BCUT2D eigenvalue weighted by Gasteiger charge is -2.19. The summed E-state index contributed by atoms with van der Waals surface area (Å²) in [4.78, 5) is 23.5. The number of hydrogen-bond donors (Lipinski definition) is 2. The van der Waals surface area contributed by atoms with Gasteiger partial charge in [-0.15, -0.1) is 0 Å². The molecule has 0 saturated carbocycles. The number of aromatic nitrogens is 3. The van der Waals surface area contributed by atoms with Crippen LogP contribution in [0.1, 0.15) is 33.5 Å². The molecule has 0 spiro atoms. The molecule has 0 aliphatic rings. The number of hydrogen-bond acceptors (Lipinski definition) is 6. The van der Waals surface area contributed by atoms with E-state index in [0.29, 0.717) is 31.3 Å². The van der Waals surface area contributed by atoms with Crippen LogP contribution in [0.3, 0.4) is 0 Å². The Morgan fingerprint density at radius 3 is 2.55 bits per heavy atom. The molecule has 0 unspecified atom stereocenters. The van der Waals surface area contributed by atoms with Gasteiger partial charge >= 0.3 is 6.09 Å².